The van der Waals surface area contributed by atoms with Gasteiger partial charge in [0, 0.05) is 11.7 Å². The van der Waals surface area contributed by atoms with Gasteiger partial charge in [0.05, 0.1) is 7.11 Å². The summed E-state index contributed by atoms with van der Waals surface area (Å²) >= 11 is 0. The van der Waals surface area contributed by atoms with Crippen molar-refractivity contribution in [3.05, 3.63) is 58.9 Å². The Hall–Kier alpha value is -2.40. The normalized spacial score (nSPS) is 16.5. The second kappa shape index (κ2) is 7.45. The molecule has 1 unspecified atom stereocenters. The summed E-state index contributed by atoms with van der Waals surface area (Å²) in [5.74, 6) is -0.0554. The van der Waals surface area contributed by atoms with E-state index in [1.54, 1.807) is 12.1 Å². The van der Waals surface area contributed by atoms with Crippen LogP contribution in [-0.2, 0) is 17.6 Å². The maximum Gasteiger partial charge on any atom is 0.356 e. The molecule has 0 saturated heterocycles. The fraction of sp³-hybridized carbons (Fsp3) is 0.368. The molecule has 5 nitrogen and oxygen atoms in total. The fourth-order valence-corrected chi connectivity index (χ4v) is 3.19. The van der Waals surface area contributed by atoms with E-state index in [0.29, 0.717) is 11.4 Å². The lowest BCUT2D eigenvalue weighted by Gasteiger charge is -2.26. The number of benzene rings is 1. The van der Waals surface area contributed by atoms with Gasteiger partial charge in [-0.05, 0) is 55.5 Å². The number of rotatable bonds is 5. The van der Waals surface area contributed by atoms with Gasteiger partial charge in [-0.25, -0.2) is 9.78 Å². The summed E-state index contributed by atoms with van der Waals surface area (Å²) < 4.78 is 4.74. The van der Waals surface area contributed by atoms with Crippen LogP contribution in [0.3, 0.4) is 0 Å². The summed E-state index contributed by atoms with van der Waals surface area (Å²) in [7, 11) is 1.37. The number of ether oxygens (including phenoxy) is 1. The number of nitrogens with one attached hydrogen (secondary N) is 1. The Morgan fingerprint density at radius 2 is 2.17 bits per heavy atom. The van der Waals surface area contributed by atoms with Gasteiger partial charge in [-0.1, -0.05) is 24.3 Å². The number of carbonyl (C=O) groups is 1. The number of hydrogen-bond donors (Lipinski definition) is 2. The van der Waals surface area contributed by atoms with Gasteiger partial charge in [-0.15, -0.1) is 0 Å². The van der Waals surface area contributed by atoms with Crippen molar-refractivity contribution in [1.82, 2.24) is 10.3 Å². The van der Waals surface area contributed by atoms with Crippen LogP contribution >= 0.6 is 0 Å². The van der Waals surface area contributed by atoms with Crippen molar-refractivity contribution in [2.75, 3.05) is 13.7 Å². The Morgan fingerprint density at radius 3 is 2.96 bits per heavy atom. The molecule has 1 aromatic heterocycles. The van der Waals surface area contributed by atoms with Gasteiger partial charge < -0.3 is 15.2 Å². The lowest BCUT2D eigenvalue weighted by molar-refractivity contribution is 0.0593. The molecule has 3 rings (SSSR count). The van der Waals surface area contributed by atoms with Crippen LogP contribution in [0, 0.1) is 0 Å². The number of phenolic OH excluding ortho intramolecular Hbond substituents is 1. The summed E-state index contributed by atoms with van der Waals surface area (Å²) in [6, 6.07) is 11.4. The average Bonchev–Trinajstić information content (AvgIpc) is 2.62. The van der Waals surface area contributed by atoms with Gasteiger partial charge in [-0.2, -0.15) is 0 Å². The van der Waals surface area contributed by atoms with Crippen molar-refractivity contribution in [2.45, 2.75) is 31.7 Å². The molecule has 1 aromatic carbocycles. The van der Waals surface area contributed by atoms with Crippen molar-refractivity contribution >= 4 is 5.97 Å². The lowest BCUT2D eigenvalue weighted by Crippen LogP contribution is -2.28. The van der Waals surface area contributed by atoms with E-state index in [2.05, 4.69) is 10.3 Å². The minimum absolute atomic E-state index is 0.235. The number of esters is 1. The number of pyridine rings is 1. The van der Waals surface area contributed by atoms with Gasteiger partial charge in [0.15, 0.2) is 0 Å². The molecule has 0 amide bonds. The number of para-hydroxylation sites is 1. The number of carbonyl (C=O) groups excluding carboxylic acids is 1. The van der Waals surface area contributed by atoms with Gasteiger partial charge in [-0.3, -0.25) is 0 Å². The predicted octanol–water partition coefficient (Wildman–Crippen LogP) is 2.78. The number of fused-ring (bicyclic) bond motifs is 1. The Labute approximate surface area is 141 Å². The predicted molar refractivity (Wildman–Crippen MR) is 91.1 cm³/mol. The molecule has 5 heteroatoms. The third-order valence-corrected chi connectivity index (χ3v) is 4.46. The Balaban J connectivity index is 1.66. The zero-order valence-corrected chi connectivity index (χ0v) is 13.8. The van der Waals surface area contributed by atoms with E-state index in [0.717, 1.165) is 49.0 Å². The first-order valence-electron chi connectivity index (χ1n) is 8.27. The quantitative estimate of drug-likeness (QED) is 0.827. The minimum atomic E-state index is -0.396. The maximum absolute atomic E-state index is 11.6. The highest BCUT2D eigenvalue weighted by atomic mass is 16.5. The highest BCUT2D eigenvalue weighted by Gasteiger charge is 2.22. The van der Waals surface area contributed by atoms with Gasteiger partial charge in [0.2, 0.25) is 0 Å². The summed E-state index contributed by atoms with van der Waals surface area (Å²) in [6.07, 6.45) is 3.75. The van der Waals surface area contributed by atoms with Crippen LogP contribution in [0.4, 0.5) is 0 Å². The summed E-state index contributed by atoms with van der Waals surface area (Å²) in [6.45, 7) is 0.778. The average molecular weight is 326 g/mol. The van der Waals surface area contributed by atoms with E-state index < -0.39 is 5.97 Å². The van der Waals surface area contributed by atoms with Crippen LogP contribution in [-0.4, -0.2) is 29.7 Å². The zero-order chi connectivity index (χ0) is 16.9. The zero-order valence-electron chi connectivity index (χ0n) is 13.8. The molecular formula is C19H22N2O3. The fourth-order valence-electron chi connectivity index (χ4n) is 3.19. The third-order valence-electron chi connectivity index (χ3n) is 4.46. The van der Waals surface area contributed by atoms with Crippen molar-refractivity contribution < 1.29 is 14.6 Å². The van der Waals surface area contributed by atoms with E-state index in [9.17, 15) is 9.90 Å². The SMILES string of the molecule is COC(=O)c1ccc2c(n1)CCCC2NCCc1ccccc1O. The molecule has 24 heavy (non-hydrogen) atoms. The molecule has 1 heterocycles. The number of aryl methyl sites for hydroxylation is 1. The lowest BCUT2D eigenvalue weighted by atomic mass is 9.91. The number of hydrogen-bond acceptors (Lipinski definition) is 5. The number of aromatic hydroxyl groups is 1. The summed E-state index contributed by atoms with van der Waals surface area (Å²) in [5, 5.41) is 13.4. The number of aromatic nitrogens is 1. The smallest absolute Gasteiger partial charge is 0.356 e. The highest BCUT2D eigenvalue weighted by molar-refractivity contribution is 5.87. The maximum atomic E-state index is 11.6. The van der Waals surface area contributed by atoms with Crippen LogP contribution in [0.15, 0.2) is 36.4 Å². The van der Waals surface area contributed by atoms with Gasteiger partial charge in [0.25, 0.3) is 0 Å². The summed E-state index contributed by atoms with van der Waals surface area (Å²) in [5.41, 5.74) is 3.45. The van der Waals surface area contributed by atoms with Crippen LogP contribution in [0.1, 0.15) is 46.2 Å². The Kier molecular flexibility index (Phi) is 5.11. The number of methoxy groups -OCH3 is 1. The van der Waals surface area contributed by atoms with Crippen molar-refractivity contribution in [2.24, 2.45) is 0 Å². The van der Waals surface area contributed by atoms with Crippen molar-refractivity contribution in [3.8, 4) is 5.75 Å². The van der Waals surface area contributed by atoms with Crippen LogP contribution in [0.25, 0.3) is 0 Å². The third kappa shape index (κ3) is 3.57. The molecule has 1 aliphatic rings. The number of nitrogens with zero attached hydrogens (tertiary/aromatic N) is 1. The van der Waals surface area contributed by atoms with Crippen LogP contribution in [0.5, 0.6) is 5.75 Å². The Bertz CT molecular complexity index is 730. The van der Waals surface area contributed by atoms with Gasteiger partial charge >= 0.3 is 5.97 Å². The monoisotopic (exact) mass is 326 g/mol. The molecular weight excluding hydrogens is 304 g/mol. The molecule has 0 spiro atoms. The minimum Gasteiger partial charge on any atom is -0.508 e. The van der Waals surface area contributed by atoms with E-state index >= 15 is 0 Å². The van der Waals surface area contributed by atoms with Crippen molar-refractivity contribution in [1.29, 1.82) is 0 Å². The second-order valence-electron chi connectivity index (χ2n) is 6.00. The van der Waals surface area contributed by atoms with E-state index in [4.69, 9.17) is 4.74 Å². The molecule has 0 radical (unpaired) electrons. The molecule has 1 aliphatic carbocycles. The van der Waals surface area contributed by atoms with Crippen LogP contribution < -0.4 is 5.32 Å². The van der Waals surface area contributed by atoms with Gasteiger partial charge in [0.1, 0.15) is 11.4 Å². The van der Waals surface area contributed by atoms with E-state index in [-0.39, 0.29) is 6.04 Å². The Morgan fingerprint density at radius 1 is 1.33 bits per heavy atom. The first-order valence-corrected chi connectivity index (χ1v) is 8.27. The molecule has 0 fully saturated rings. The molecule has 0 bridgehead atoms. The van der Waals surface area contributed by atoms with E-state index in [1.165, 1.54) is 7.11 Å². The standard InChI is InChI=1S/C19H22N2O3/c1-24-19(23)17-10-9-14-15(6-4-7-16(14)21-17)20-12-11-13-5-2-3-8-18(13)22/h2-3,5,8-10,15,20,22H,4,6-7,11-12H2,1H3. The second-order valence-corrected chi connectivity index (χ2v) is 6.00. The van der Waals surface area contributed by atoms with Crippen LogP contribution in [0.2, 0.25) is 0 Å². The molecule has 1 atom stereocenters. The molecule has 126 valence electrons. The summed E-state index contributed by atoms with van der Waals surface area (Å²) in [4.78, 5) is 16.1. The molecule has 0 saturated carbocycles. The molecule has 2 N–H and O–H groups in total. The first-order chi connectivity index (χ1) is 11.7. The largest absolute Gasteiger partial charge is 0.508 e. The molecule has 2 aromatic rings. The first kappa shape index (κ1) is 16.5. The molecule has 0 aliphatic heterocycles. The van der Waals surface area contributed by atoms with Crippen molar-refractivity contribution in [3.63, 3.8) is 0 Å². The topological polar surface area (TPSA) is 71.5 Å². The number of phenols is 1. The van der Waals surface area contributed by atoms with E-state index in [1.807, 2.05) is 24.3 Å². The highest BCUT2D eigenvalue weighted by Crippen LogP contribution is 2.29.